The van der Waals surface area contributed by atoms with Crippen molar-refractivity contribution in [3.63, 3.8) is 0 Å². The molecule has 5 aliphatic carbocycles. The van der Waals surface area contributed by atoms with Crippen molar-refractivity contribution < 1.29 is 9.32 Å². The minimum absolute atomic E-state index is 0.0379. The molecular formula is C36H49NO2S. The normalized spacial score (nSPS) is 43.0. The van der Waals surface area contributed by atoms with Crippen LogP contribution in [-0.2, 0) is 16.6 Å². The number of hydrogen-bond donors (Lipinski definition) is 0. The fraction of sp³-hybridized carbons (Fsp3) is 0.722. The van der Waals surface area contributed by atoms with Crippen LogP contribution in [0.15, 0.2) is 45.9 Å². The van der Waals surface area contributed by atoms with Gasteiger partial charge in [-0.15, -0.1) is 11.8 Å². The van der Waals surface area contributed by atoms with Crippen LogP contribution in [0.1, 0.15) is 104 Å². The van der Waals surface area contributed by atoms with Crippen LogP contribution in [0.5, 0.6) is 0 Å². The number of benzene rings is 1. The topological polar surface area (TPSA) is 43.1 Å². The molecule has 0 aliphatic heterocycles. The quantitative estimate of drug-likeness (QED) is 0.352. The third-order valence-corrected chi connectivity index (χ3v) is 14.9. The summed E-state index contributed by atoms with van der Waals surface area (Å²) in [6, 6.07) is 11.0. The van der Waals surface area contributed by atoms with Gasteiger partial charge in [-0.3, -0.25) is 4.79 Å². The molecule has 0 N–H and O–H groups in total. The summed E-state index contributed by atoms with van der Waals surface area (Å²) in [6.07, 6.45) is 12.6. The molecule has 0 saturated heterocycles. The van der Waals surface area contributed by atoms with Gasteiger partial charge in [-0.05, 0) is 109 Å². The van der Waals surface area contributed by atoms with E-state index in [1.165, 1.54) is 61.2 Å². The fourth-order valence-electron chi connectivity index (χ4n) is 11.7. The highest BCUT2D eigenvalue weighted by Crippen LogP contribution is 2.72. The smallest absolute Gasteiger partial charge is 0.145 e. The summed E-state index contributed by atoms with van der Waals surface area (Å²) in [6.45, 7) is 14.8. The lowest BCUT2D eigenvalue weighted by Crippen LogP contribution is -2.65. The highest BCUT2D eigenvalue weighted by molar-refractivity contribution is 7.99. The average Bonchev–Trinajstić information content (AvgIpc) is 3.38. The summed E-state index contributed by atoms with van der Waals surface area (Å²) in [5, 5.41) is 4.25. The second kappa shape index (κ2) is 8.98. The SMILES string of the molecule is CC1(C)CCC2(CSc3ccccc3)CCC3C(C(=O)CC4C3(C)CCC3C(C)(C)c5oncc5CC34C)C2C1. The Hall–Kier alpha value is -1.55. The van der Waals surface area contributed by atoms with Crippen molar-refractivity contribution in [1.29, 1.82) is 0 Å². The van der Waals surface area contributed by atoms with Gasteiger partial charge in [-0.25, -0.2) is 0 Å². The van der Waals surface area contributed by atoms with Crippen molar-refractivity contribution in [2.45, 2.75) is 110 Å². The van der Waals surface area contributed by atoms with E-state index in [0.717, 1.165) is 18.6 Å². The first-order valence-electron chi connectivity index (χ1n) is 16.0. The highest BCUT2D eigenvalue weighted by atomic mass is 32.2. The molecule has 40 heavy (non-hydrogen) atoms. The molecule has 8 atom stereocenters. The van der Waals surface area contributed by atoms with Crippen molar-refractivity contribution in [3.05, 3.63) is 47.9 Å². The molecule has 0 bridgehead atoms. The molecule has 0 radical (unpaired) electrons. The van der Waals surface area contributed by atoms with Crippen molar-refractivity contribution in [1.82, 2.24) is 5.16 Å². The molecular weight excluding hydrogens is 510 g/mol. The van der Waals surface area contributed by atoms with Crippen molar-refractivity contribution in [2.75, 3.05) is 5.75 Å². The van der Waals surface area contributed by atoms with Crippen LogP contribution < -0.4 is 0 Å². The molecule has 1 aromatic carbocycles. The van der Waals surface area contributed by atoms with E-state index in [4.69, 9.17) is 4.52 Å². The van der Waals surface area contributed by atoms with Crippen LogP contribution in [0.2, 0.25) is 0 Å². The summed E-state index contributed by atoms with van der Waals surface area (Å²) in [5.74, 6) is 5.14. The number of nitrogens with zero attached hydrogens (tertiary/aromatic N) is 1. The minimum atomic E-state index is -0.0379. The number of ketones is 1. The molecule has 1 aromatic heterocycles. The maximum absolute atomic E-state index is 14.6. The van der Waals surface area contributed by atoms with Gasteiger partial charge in [0.05, 0.1) is 6.20 Å². The Balaban J connectivity index is 1.24. The number of hydrogen-bond acceptors (Lipinski definition) is 4. The van der Waals surface area contributed by atoms with E-state index < -0.39 is 0 Å². The Morgan fingerprint density at radius 3 is 2.45 bits per heavy atom. The Kier molecular flexibility index (Phi) is 6.13. The zero-order chi connectivity index (χ0) is 28.1. The van der Waals surface area contributed by atoms with Gasteiger partial charge in [0.15, 0.2) is 0 Å². The second-order valence-corrected chi connectivity index (χ2v) is 17.6. The van der Waals surface area contributed by atoms with Gasteiger partial charge in [-0.2, -0.15) is 0 Å². The maximum Gasteiger partial charge on any atom is 0.145 e. The monoisotopic (exact) mass is 559 g/mol. The lowest BCUT2D eigenvalue weighted by Gasteiger charge is -2.68. The number of fused-ring (bicyclic) bond motifs is 8. The third kappa shape index (κ3) is 3.82. The highest BCUT2D eigenvalue weighted by Gasteiger charge is 2.68. The zero-order valence-corrected chi connectivity index (χ0v) is 26.4. The maximum atomic E-state index is 14.6. The van der Waals surface area contributed by atoms with E-state index in [0.29, 0.717) is 40.3 Å². The molecule has 4 fully saturated rings. The van der Waals surface area contributed by atoms with Gasteiger partial charge in [0.25, 0.3) is 0 Å². The first kappa shape index (κ1) is 27.3. The van der Waals surface area contributed by atoms with E-state index in [9.17, 15) is 4.79 Å². The van der Waals surface area contributed by atoms with Gasteiger partial charge in [0.1, 0.15) is 11.5 Å². The number of rotatable bonds is 3. The molecule has 7 rings (SSSR count). The summed E-state index contributed by atoms with van der Waals surface area (Å²) in [4.78, 5) is 16.0. The number of Topliss-reactive ketones (excluding diaryl/α,β-unsaturated/α-hetero) is 1. The van der Waals surface area contributed by atoms with Crippen LogP contribution in [0.25, 0.3) is 0 Å². The summed E-state index contributed by atoms with van der Waals surface area (Å²) < 4.78 is 5.86. The predicted octanol–water partition coefficient (Wildman–Crippen LogP) is 9.15. The number of carbonyl (C=O) groups excluding carboxylic acids is 1. The van der Waals surface area contributed by atoms with E-state index in [-0.39, 0.29) is 22.2 Å². The largest absolute Gasteiger partial charge is 0.361 e. The summed E-state index contributed by atoms with van der Waals surface area (Å²) in [5.41, 5.74) is 2.21. The molecule has 0 spiro atoms. The van der Waals surface area contributed by atoms with Crippen molar-refractivity contribution >= 4 is 17.5 Å². The summed E-state index contributed by atoms with van der Waals surface area (Å²) in [7, 11) is 0. The number of carbonyl (C=O) groups is 1. The molecule has 3 nitrogen and oxygen atoms in total. The first-order chi connectivity index (χ1) is 18.9. The summed E-state index contributed by atoms with van der Waals surface area (Å²) >= 11 is 2.05. The number of aromatic nitrogens is 1. The molecule has 8 unspecified atom stereocenters. The molecule has 4 saturated carbocycles. The Bertz CT molecular complexity index is 1300. The van der Waals surface area contributed by atoms with Gasteiger partial charge in [0.2, 0.25) is 0 Å². The van der Waals surface area contributed by atoms with Crippen molar-refractivity contribution in [2.24, 2.45) is 51.2 Å². The Morgan fingerprint density at radius 1 is 0.900 bits per heavy atom. The Morgan fingerprint density at radius 2 is 1.68 bits per heavy atom. The number of thioether (sulfide) groups is 1. The van der Waals surface area contributed by atoms with E-state index in [1.807, 2.05) is 18.0 Å². The van der Waals surface area contributed by atoms with E-state index in [1.54, 1.807) is 0 Å². The van der Waals surface area contributed by atoms with Crippen molar-refractivity contribution in [3.8, 4) is 0 Å². The third-order valence-electron chi connectivity index (χ3n) is 13.6. The average molecular weight is 560 g/mol. The standard InChI is InChI=1S/C36H49NO2S/c1-32(2)16-17-36(22-40-24-10-8-7-9-11-24)15-12-25-30(26(36)20-32)27(38)18-29-34(25,5)14-13-28-33(3,4)31-23(21-37-39-31)19-35(28,29)6/h7-11,21,25-26,28-30H,12-20,22H2,1-6H3. The lowest BCUT2D eigenvalue weighted by molar-refractivity contribution is -0.193. The van der Waals surface area contributed by atoms with Crippen LogP contribution in [0, 0.1) is 51.2 Å². The molecule has 4 heteroatoms. The van der Waals surface area contributed by atoms with Crippen LogP contribution in [0.4, 0.5) is 0 Å². The van der Waals surface area contributed by atoms with Crippen LogP contribution >= 0.6 is 11.8 Å². The van der Waals surface area contributed by atoms with E-state index >= 15 is 0 Å². The van der Waals surface area contributed by atoms with Gasteiger partial charge in [-0.1, -0.05) is 64.9 Å². The van der Waals surface area contributed by atoms with Gasteiger partial charge in [0, 0.05) is 34.0 Å². The second-order valence-electron chi connectivity index (χ2n) is 16.5. The lowest BCUT2D eigenvalue weighted by atomic mass is 9.35. The van der Waals surface area contributed by atoms with Crippen LogP contribution in [0.3, 0.4) is 0 Å². The predicted molar refractivity (Wildman–Crippen MR) is 162 cm³/mol. The first-order valence-corrected chi connectivity index (χ1v) is 17.0. The van der Waals surface area contributed by atoms with E-state index in [2.05, 4.69) is 77.0 Å². The Labute approximate surface area is 246 Å². The molecule has 216 valence electrons. The van der Waals surface area contributed by atoms with Gasteiger partial charge >= 0.3 is 0 Å². The van der Waals surface area contributed by atoms with Crippen LogP contribution in [-0.4, -0.2) is 16.7 Å². The molecule has 1 heterocycles. The fourth-order valence-corrected chi connectivity index (χ4v) is 13.0. The molecule has 2 aromatic rings. The molecule has 5 aliphatic rings. The zero-order valence-electron chi connectivity index (χ0n) is 25.6. The molecule has 0 amide bonds. The minimum Gasteiger partial charge on any atom is -0.361 e. The van der Waals surface area contributed by atoms with Gasteiger partial charge < -0.3 is 4.52 Å².